The third-order valence-electron chi connectivity index (χ3n) is 3.67. The number of hydrogen-bond donors (Lipinski definition) is 0. The smallest absolute Gasteiger partial charge is 0.253 e. The van der Waals surface area contributed by atoms with Gasteiger partial charge in [-0.25, -0.2) is 0 Å². The van der Waals surface area contributed by atoms with Gasteiger partial charge in [0.2, 0.25) is 0 Å². The molecule has 0 atom stereocenters. The van der Waals surface area contributed by atoms with Crippen LogP contribution in [0.3, 0.4) is 0 Å². The summed E-state index contributed by atoms with van der Waals surface area (Å²) in [5, 5.41) is 0. The van der Waals surface area contributed by atoms with E-state index in [9.17, 15) is 4.79 Å². The fourth-order valence-corrected chi connectivity index (χ4v) is 2.35. The van der Waals surface area contributed by atoms with Gasteiger partial charge in [0.25, 0.3) is 5.91 Å². The van der Waals surface area contributed by atoms with Crippen LogP contribution >= 0.6 is 0 Å². The molecule has 0 saturated carbocycles. The number of hydrogen-bond acceptors (Lipinski definition) is 1. The molecule has 2 heteroatoms. The van der Waals surface area contributed by atoms with Crippen LogP contribution in [0.1, 0.15) is 62.4 Å². The van der Waals surface area contributed by atoms with Crippen molar-refractivity contribution in [3.05, 3.63) is 35.4 Å². The first-order valence-corrected chi connectivity index (χ1v) is 7.07. The fourth-order valence-electron chi connectivity index (χ4n) is 2.35. The second-order valence-corrected chi connectivity index (χ2v) is 4.61. The van der Waals surface area contributed by atoms with Gasteiger partial charge in [-0.1, -0.05) is 26.0 Å². The lowest BCUT2D eigenvalue weighted by atomic mass is 9.93. The Morgan fingerprint density at radius 1 is 1.00 bits per heavy atom. The molecule has 1 aromatic carbocycles. The molecule has 0 aliphatic rings. The molecule has 0 N–H and O–H groups in total. The zero-order valence-corrected chi connectivity index (χ0v) is 12.1. The molecule has 0 bridgehead atoms. The van der Waals surface area contributed by atoms with Crippen LogP contribution in [-0.2, 0) is 0 Å². The van der Waals surface area contributed by atoms with Crippen LogP contribution in [-0.4, -0.2) is 23.9 Å². The normalized spacial score (nSPS) is 10.7. The number of nitrogens with zero attached hydrogens (tertiary/aromatic N) is 1. The average molecular weight is 247 g/mol. The van der Waals surface area contributed by atoms with Crippen LogP contribution in [0.5, 0.6) is 0 Å². The molecule has 1 rings (SSSR count). The molecule has 1 amide bonds. The first-order chi connectivity index (χ1) is 8.67. The standard InChI is InChI=1S/C16H25NO/c1-5-13(6-2)14-9-11-15(12-10-14)16(18)17(7-3)8-4/h9-13H,5-8H2,1-4H3. The van der Waals surface area contributed by atoms with E-state index in [4.69, 9.17) is 0 Å². The Kier molecular flexibility index (Phi) is 5.90. The highest BCUT2D eigenvalue weighted by molar-refractivity contribution is 5.94. The maximum Gasteiger partial charge on any atom is 0.253 e. The van der Waals surface area contributed by atoms with Crippen LogP contribution in [0.2, 0.25) is 0 Å². The summed E-state index contributed by atoms with van der Waals surface area (Å²) in [6.45, 7) is 9.99. The number of amides is 1. The Labute approximate surface area is 111 Å². The number of rotatable bonds is 6. The molecule has 0 aliphatic carbocycles. The second kappa shape index (κ2) is 7.20. The minimum atomic E-state index is 0.135. The summed E-state index contributed by atoms with van der Waals surface area (Å²) in [5.74, 6) is 0.749. The predicted octanol–water partition coefficient (Wildman–Crippen LogP) is 4.07. The highest BCUT2D eigenvalue weighted by Crippen LogP contribution is 2.23. The van der Waals surface area contributed by atoms with Gasteiger partial charge in [0, 0.05) is 18.7 Å². The van der Waals surface area contributed by atoms with E-state index < -0.39 is 0 Å². The highest BCUT2D eigenvalue weighted by Gasteiger charge is 2.13. The van der Waals surface area contributed by atoms with Gasteiger partial charge in [-0.2, -0.15) is 0 Å². The lowest BCUT2D eigenvalue weighted by Crippen LogP contribution is -2.30. The molecule has 0 heterocycles. The summed E-state index contributed by atoms with van der Waals surface area (Å²) in [6, 6.07) is 8.14. The second-order valence-electron chi connectivity index (χ2n) is 4.61. The molecule has 1 aromatic rings. The Balaban J connectivity index is 2.85. The van der Waals surface area contributed by atoms with Crippen molar-refractivity contribution in [2.75, 3.05) is 13.1 Å². The molecule has 18 heavy (non-hydrogen) atoms. The SMILES string of the molecule is CCC(CC)c1ccc(C(=O)N(CC)CC)cc1. The van der Waals surface area contributed by atoms with Gasteiger partial charge in [0.1, 0.15) is 0 Å². The van der Waals surface area contributed by atoms with E-state index in [-0.39, 0.29) is 5.91 Å². The van der Waals surface area contributed by atoms with Gasteiger partial charge in [-0.15, -0.1) is 0 Å². The first-order valence-electron chi connectivity index (χ1n) is 7.07. The molecule has 0 spiro atoms. The van der Waals surface area contributed by atoms with Crippen LogP contribution in [0.25, 0.3) is 0 Å². The van der Waals surface area contributed by atoms with E-state index >= 15 is 0 Å². The number of benzene rings is 1. The van der Waals surface area contributed by atoms with Crippen LogP contribution in [0, 0.1) is 0 Å². The minimum Gasteiger partial charge on any atom is -0.339 e. The number of carbonyl (C=O) groups is 1. The molecule has 2 nitrogen and oxygen atoms in total. The van der Waals surface area contributed by atoms with Gasteiger partial charge < -0.3 is 4.90 Å². The van der Waals surface area contributed by atoms with Crippen molar-refractivity contribution in [3.8, 4) is 0 Å². The third kappa shape index (κ3) is 3.34. The maximum atomic E-state index is 12.2. The van der Waals surface area contributed by atoms with Crippen LogP contribution < -0.4 is 0 Å². The van der Waals surface area contributed by atoms with Crippen molar-refractivity contribution in [2.24, 2.45) is 0 Å². The zero-order chi connectivity index (χ0) is 13.5. The summed E-state index contributed by atoms with van der Waals surface area (Å²) in [4.78, 5) is 14.0. The Hall–Kier alpha value is -1.31. The summed E-state index contributed by atoms with van der Waals surface area (Å²) in [5.41, 5.74) is 2.14. The molecule has 0 fully saturated rings. The zero-order valence-electron chi connectivity index (χ0n) is 12.1. The van der Waals surface area contributed by atoms with Crippen molar-refractivity contribution in [2.45, 2.75) is 46.5 Å². The van der Waals surface area contributed by atoms with Crippen molar-refractivity contribution in [1.82, 2.24) is 4.90 Å². The van der Waals surface area contributed by atoms with Gasteiger partial charge in [0.05, 0.1) is 0 Å². The molecule has 0 unspecified atom stereocenters. The molecule has 0 aromatic heterocycles. The maximum absolute atomic E-state index is 12.2. The highest BCUT2D eigenvalue weighted by atomic mass is 16.2. The summed E-state index contributed by atoms with van der Waals surface area (Å²) < 4.78 is 0. The largest absolute Gasteiger partial charge is 0.339 e. The van der Waals surface area contributed by atoms with Gasteiger partial charge in [-0.05, 0) is 50.3 Å². The van der Waals surface area contributed by atoms with Crippen LogP contribution in [0.4, 0.5) is 0 Å². The van der Waals surface area contributed by atoms with E-state index in [1.807, 2.05) is 30.9 Å². The molecule has 0 aliphatic heterocycles. The summed E-state index contributed by atoms with van der Waals surface area (Å²) in [7, 11) is 0. The van der Waals surface area contributed by atoms with Crippen molar-refractivity contribution in [1.29, 1.82) is 0 Å². The van der Waals surface area contributed by atoms with E-state index in [2.05, 4.69) is 26.0 Å². The molecule has 0 saturated heterocycles. The van der Waals surface area contributed by atoms with Gasteiger partial charge >= 0.3 is 0 Å². The molecule has 100 valence electrons. The van der Waals surface area contributed by atoms with E-state index in [1.165, 1.54) is 5.56 Å². The predicted molar refractivity (Wildman–Crippen MR) is 77.0 cm³/mol. The van der Waals surface area contributed by atoms with Crippen molar-refractivity contribution in [3.63, 3.8) is 0 Å². The summed E-state index contributed by atoms with van der Waals surface area (Å²) in [6.07, 6.45) is 2.31. The van der Waals surface area contributed by atoms with E-state index in [0.29, 0.717) is 5.92 Å². The quantitative estimate of drug-likeness (QED) is 0.742. The van der Waals surface area contributed by atoms with Crippen molar-refractivity contribution < 1.29 is 4.79 Å². The Morgan fingerprint density at radius 3 is 1.89 bits per heavy atom. The van der Waals surface area contributed by atoms with Gasteiger partial charge in [-0.3, -0.25) is 4.79 Å². The lowest BCUT2D eigenvalue weighted by molar-refractivity contribution is 0.0773. The van der Waals surface area contributed by atoms with Gasteiger partial charge in [0.15, 0.2) is 0 Å². The van der Waals surface area contributed by atoms with E-state index in [1.54, 1.807) is 0 Å². The fraction of sp³-hybridized carbons (Fsp3) is 0.562. The van der Waals surface area contributed by atoms with E-state index in [0.717, 1.165) is 31.5 Å². The summed E-state index contributed by atoms with van der Waals surface area (Å²) >= 11 is 0. The van der Waals surface area contributed by atoms with Crippen LogP contribution in [0.15, 0.2) is 24.3 Å². The molecule has 0 radical (unpaired) electrons. The lowest BCUT2D eigenvalue weighted by Gasteiger charge is -2.19. The number of carbonyl (C=O) groups excluding carboxylic acids is 1. The topological polar surface area (TPSA) is 20.3 Å². The first kappa shape index (κ1) is 14.7. The minimum absolute atomic E-state index is 0.135. The molecular formula is C16H25NO. The molecular weight excluding hydrogens is 222 g/mol. The average Bonchev–Trinajstić information content (AvgIpc) is 2.42. The Morgan fingerprint density at radius 2 is 1.50 bits per heavy atom. The van der Waals surface area contributed by atoms with Crippen molar-refractivity contribution >= 4 is 5.91 Å². The third-order valence-corrected chi connectivity index (χ3v) is 3.67. The monoisotopic (exact) mass is 247 g/mol. The Bertz CT molecular complexity index is 361.